The highest BCUT2D eigenvalue weighted by molar-refractivity contribution is 6.28. The van der Waals surface area contributed by atoms with E-state index >= 15 is 0 Å². The number of nitrogens with zero attached hydrogens (tertiary/aromatic N) is 2. The molecule has 0 saturated carbocycles. The fourth-order valence-corrected chi connectivity index (χ4v) is 11.1. The molecule has 3 nitrogen and oxygen atoms in total. The summed E-state index contributed by atoms with van der Waals surface area (Å²) in [4.78, 5) is 5.61. The zero-order valence-corrected chi connectivity index (χ0v) is 37.2. The molecule has 2 heterocycles. The van der Waals surface area contributed by atoms with Crippen LogP contribution in [0, 0.1) is 11.3 Å². The van der Waals surface area contributed by atoms with Gasteiger partial charge in [0, 0.05) is 21.9 Å². The number of aromatic nitrogens is 1. The first-order chi connectivity index (χ1) is 34.2. The van der Waals surface area contributed by atoms with E-state index in [0.29, 0.717) is 5.56 Å². The summed E-state index contributed by atoms with van der Waals surface area (Å²) in [6.45, 7) is 0. The van der Waals surface area contributed by atoms with E-state index in [0.717, 1.165) is 99.4 Å². The predicted octanol–water partition coefficient (Wildman–Crippen LogP) is 18.0. The van der Waals surface area contributed by atoms with Crippen LogP contribution in [-0.4, -0.2) is 4.98 Å². The summed E-state index contributed by atoms with van der Waals surface area (Å²) in [6.07, 6.45) is 0. The topological polar surface area (TPSA) is 49.8 Å². The second-order valence-corrected chi connectivity index (χ2v) is 18.0. The van der Waals surface area contributed by atoms with Crippen LogP contribution in [-0.2, 0) is 0 Å². The van der Waals surface area contributed by atoms with Crippen molar-refractivity contribution in [3.05, 3.63) is 236 Å². The van der Waals surface area contributed by atoms with Crippen LogP contribution < -0.4 is 0 Å². The Morgan fingerprint density at radius 2 is 0.797 bits per heavy atom. The van der Waals surface area contributed by atoms with Crippen molar-refractivity contribution < 1.29 is 4.42 Å². The molecule has 0 spiro atoms. The molecule has 69 heavy (non-hydrogen) atoms. The highest BCUT2D eigenvalue weighted by Crippen LogP contribution is 2.54. The average molecular weight is 875 g/mol. The molecule has 0 saturated heterocycles. The zero-order chi connectivity index (χ0) is 45.6. The summed E-state index contributed by atoms with van der Waals surface area (Å²) in [5.74, 6) is 0. The van der Waals surface area contributed by atoms with Crippen molar-refractivity contribution >= 4 is 54.3 Å². The van der Waals surface area contributed by atoms with Gasteiger partial charge in [-0.2, -0.15) is 5.26 Å². The fourth-order valence-electron chi connectivity index (χ4n) is 11.1. The minimum absolute atomic E-state index is 0.646. The van der Waals surface area contributed by atoms with Gasteiger partial charge in [-0.3, -0.25) is 0 Å². The number of hydrogen-bond donors (Lipinski definition) is 0. The summed E-state index contributed by atoms with van der Waals surface area (Å²) in [6, 6.07) is 84.7. The lowest BCUT2D eigenvalue weighted by atomic mass is 9.83. The summed E-state index contributed by atoms with van der Waals surface area (Å²) in [5.41, 5.74) is 20.5. The lowest BCUT2D eigenvalue weighted by Crippen LogP contribution is -1.96. The van der Waals surface area contributed by atoms with Gasteiger partial charge in [0.25, 0.3) is 0 Å². The summed E-state index contributed by atoms with van der Waals surface area (Å²) < 4.78 is 6.15. The number of pyridine rings is 1. The van der Waals surface area contributed by atoms with E-state index in [4.69, 9.17) is 9.40 Å². The minimum atomic E-state index is 0.646. The molecular weight excluding hydrogens is 837 g/mol. The number of fused-ring (bicyclic) bond motifs is 8. The van der Waals surface area contributed by atoms with Crippen LogP contribution >= 0.6 is 0 Å². The molecular formula is C66H38N2O. The molecule has 13 aromatic rings. The molecule has 318 valence electrons. The monoisotopic (exact) mass is 874 g/mol. The van der Waals surface area contributed by atoms with Gasteiger partial charge in [-0.1, -0.05) is 188 Å². The second-order valence-electron chi connectivity index (χ2n) is 18.0. The van der Waals surface area contributed by atoms with Crippen LogP contribution in [0.3, 0.4) is 0 Å². The van der Waals surface area contributed by atoms with Crippen molar-refractivity contribution in [1.29, 1.82) is 5.26 Å². The van der Waals surface area contributed by atoms with Gasteiger partial charge in [0.2, 0.25) is 0 Å². The molecule has 0 atom stereocenters. The molecule has 3 heteroatoms. The van der Waals surface area contributed by atoms with Gasteiger partial charge in [0.05, 0.1) is 23.0 Å². The third-order valence-electron chi connectivity index (χ3n) is 14.3. The van der Waals surface area contributed by atoms with Crippen molar-refractivity contribution in [2.75, 3.05) is 0 Å². The Kier molecular flexibility index (Phi) is 8.65. The van der Waals surface area contributed by atoms with Crippen molar-refractivity contribution in [2.45, 2.75) is 0 Å². The van der Waals surface area contributed by atoms with Crippen molar-refractivity contribution in [3.8, 4) is 95.3 Å². The maximum absolute atomic E-state index is 9.74. The molecule has 0 unspecified atom stereocenters. The Bertz CT molecular complexity index is 4200. The Balaban J connectivity index is 0.985. The van der Waals surface area contributed by atoms with E-state index in [2.05, 4.69) is 212 Å². The molecule has 1 aliphatic carbocycles. The van der Waals surface area contributed by atoms with Crippen LogP contribution in [0.15, 0.2) is 235 Å². The van der Waals surface area contributed by atoms with E-state index in [1.54, 1.807) is 0 Å². The average Bonchev–Trinajstić information content (AvgIpc) is 3.96. The lowest BCUT2D eigenvalue weighted by molar-refractivity contribution is 0.669. The first kappa shape index (κ1) is 38.9. The van der Waals surface area contributed by atoms with Crippen molar-refractivity contribution in [3.63, 3.8) is 0 Å². The van der Waals surface area contributed by atoms with E-state index in [1.807, 2.05) is 24.3 Å². The molecule has 0 amide bonds. The van der Waals surface area contributed by atoms with Crippen LogP contribution in [0.5, 0.6) is 0 Å². The normalized spacial score (nSPS) is 11.8. The van der Waals surface area contributed by atoms with Crippen LogP contribution in [0.25, 0.3) is 144 Å². The fraction of sp³-hybridized carbons (Fsp3) is 0. The predicted molar refractivity (Wildman–Crippen MR) is 286 cm³/mol. The Labute approximate surface area is 398 Å². The van der Waals surface area contributed by atoms with Gasteiger partial charge in [-0.15, -0.1) is 0 Å². The van der Waals surface area contributed by atoms with Gasteiger partial charge in [0.15, 0.2) is 0 Å². The molecule has 14 rings (SSSR count). The molecule has 0 radical (unpaired) electrons. The van der Waals surface area contributed by atoms with E-state index in [9.17, 15) is 5.26 Å². The molecule has 0 fully saturated rings. The Morgan fingerprint density at radius 1 is 0.304 bits per heavy atom. The van der Waals surface area contributed by atoms with Gasteiger partial charge in [-0.05, 0) is 142 Å². The first-order valence-corrected chi connectivity index (χ1v) is 23.4. The third kappa shape index (κ3) is 6.10. The third-order valence-corrected chi connectivity index (χ3v) is 14.3. The number of benzene rings is 11. The molecule has 0 N–H and O–H groups in total. The molecule has 1 aliphatic rings. The summed E-state index contributed by atoms with van der Waals surface area (Å²) in [7, 11) is 0. The van der Waals surface area contributed by atoms with Gasteiger partial charge >= 0.3 is 0 Å². The van der Waals surface area contributed by atoms with Crippen LogP contribution in [0.1, 0.15) is 5.56 Å². The highest BCUT2D eigenvalue weighted by Gasteiger charge is 2.27. The minimum Gasteiger partial charge on any atom is -0.456 e. The number of nitriles is 1. The number of furan rings is 1. The smallest absolute Gasteiger partial charge is 0.135 e. The van der Waals surface area contributed by atoms with Crippen LogP contribution in [0.2, 0.25) is 0 Å². The summed E-state index contributed by atoms with van der Waals surface area (Å²) in [5, 5.41) is 19.0. The molecule has 2 aromatic heterocycles. The Morgan fingerprint density at radius 3 is 1.48 bits per heavy atom. The maximum Gasteiger partial charge on any atom is 0.135 e. The number of hydrogen-bond acceptors (Lipinski definition) is 3. The van der Waals surface area contributed by atoms with Crippen LogP contribution in [0.4, 0.5) is 0 Å². The van der Waals surface area contributed by atoms with Gasteiger partial charge < -0.3 is 4.42 Å². The quantitative estimate of drug-likeness (QED) is 0.156. The van der Waals surface area contributed by atoms with Crippen molar-refractivity contribution in [2.24, 2.45) is 0 Å². The van der Waals surface area contributed by atoms with Crippen molar-refractivity contribution in [1.82, 2.24) is 4.98 Å². The van der Waals surface area contributed by atoms with E-state index in [1.165, 1.54) is 44.2 Å². The van der Waals surface area contributed by atoms with E-state index < -0.39 is 0 Å². The van der Waals surface area contributed by atoms with Gasteiger partial charge in [0.1, 0.15) is 11.2 Å². The molecule has 0 aliphatic heterocycles. The van der Waals surface area contributed by atoms with Gasteiger partial charge in [-0.25, -0.2) is 4.98 Å². The number of rotatable bonds is 6. The SMILES string of the molecule is N#Cc1ccc(-c2ccc3c4c(ccc(-c5c6ccccc6c(-c6cc(-c7ccccc7)cc(-c7ccc(-c8ccc9oc%10ccccc%10c9c8)cc7)n6)c6ccccc56)c24)-c2ccccc2-3)cc1. The largest absolute Gasteiger partial charge is 0.456 e. The van der Waals surface area contributed by atoms with E-state index in [-0.39, 0.29) is 0 Å². The lowest BCUT2D eigenvalue weighted by Gasteiger charge is -2.21. The Hall–Kier alpha value is -9.36. The number of para-hydroxylation sites is 1. The highest BCUT2D eigenvalue weighted by atomic mass is 16.3. The standard InChI is InChI=1S/C66H38N2O/c67-39-40-22-24-43(25-23-40)47-31-32-55-48-14-4-5-15-49(48)56-33-34-57(65(47)66(55)56)63-51-17-6-8-19-53(51)64(54-20-9-7-18-52(54)63)60-38-46(41-12-2-1-3-13-41)37-59(68-60)44-28-26-42(27-29-44)45-30-35-62-58(36-45)50-16-10-11-21-61(50)69-62/h1-38H. The first-order valence-electron chi connectivity index (χ1n) is 23.4. The summed E-state index contributed by atoms with van der Waals surface area (Å²) >= 11 is 0. The molecule has 11 aromatic carbocycles. The maximum atomic E-state index is 9.74. The zero-order valence-electron chi connectivity index (χ0n) is 37.2. The molecule has 0 bridgehead atoms. The second kappa shape index (κ2) is 15.4.